The lowest BCUT2D eigenvalue weighted by molar-refractivity contribution is 0.0734. The fourth-order valence-corrected chi connectivity index (χ4v) is 4.48. The van der Waals surface area contributed by atoms with Crippen LogP contribution >= 0.6 is 27.7 Å². The quantitative estimate of drug-likeness (QED) is 0.772. The Kier molecular flexibility index (Phi) is 2.59. The Hall–Kier alpha value is -0.0300. The van der Waals surface area contributed by atoms with E-state index in [1.54, 1.807) is 0 Å². The summed E-state index contributed by atoms with van der Waals surface area (Å²) in [4.78, 5) is 1.34. The van der Waals surface area contributed by atoms with Crippen LogP contribution in [0.4, 0.5) is 0 Å². The van der Waals surface area contributed by atoms with Crippen LogP contribution in [0.2, 0.25) is 0 Å². The zero-order valence-corrected chi connectivity index (χ0v) is 11.4. The van der Waals surface area contributed by atoms with E-state index in [0.717, 1.165) is 17.3 Å². The van der Waals surface area contributed by atoms with Crippen molar-refractivity contribution >= 4 is 27.7 Å². The van der Waals surface area contributed by atoms with Gasteiger partial charge in [0.1, 0.15) is 6.23 Å². The van der Waals surface area contributed by atoms with Crippen molar-refractivity contribution < 1.29 is 5.11 Å². The molecule has 0 aromatic heterocycles. The molecule has 2 aliphatic rings. The summed E-state index contributed by atoms with van der Waals surface area (Å²) in [5.41, 5.74) is 1.32. The van der Waals surface area contributed by atoms with Gasteiger partial charge in [-0.3, -0.25) is 5.32 Å². The van der Waals surface area contributed by atoms with Crippen molar-refractivity contribution in [1.82, 2.24) is 5.32 Å². The van der Waals surface area contributed by atoms with Crippen LogP contribution in [0, 0.1) is 0 Å². The number of hydrogen-bond acceptors (Lipinski definition) is 3. The fourth-order valence-electron chi connectivity index (χ4n) is 2.64. The number of halogens is 1. The Morgan fingerprint density at radius 2 is 2.38 bits per heavy atom. The van der Waals surface area contributed by atoms with Gasteiger partial charge < -0.3 is 5.11 Å². The van der Waals surface area contributed by atoms with Crippen molar-refractivity contribution in [3.63, 3.8) is 0 Å². The van der Waals surface area contributed by atoms with Crippen LogP contribution in [0.3, 0.4) is 0 Å². The van der Waals surface area contributed by atoms with Gasteiger partial charge in [0.25, 0.3) is 0 Å². The Balaban J connectivity index is 2.05. The molecule has 3 rings (SSSR count). The third-order valence-electron chi connectivity index (χ3n) is 3.51. The van der Waals surface area contributed by atoms with Crippen LogP contribution in [0.15, 0.2) is 27.6 Å². The second kappa shape index (κ2) is 3.73. The van der Waals surface area contributed by atoms with E-state index in [1.807, 2.05) is 11.8 Å². The number of fused-ring (bicyclic) bond motifs is 3. The summed E-state index contributed by atoms with van der Waals surface area (Å²) >= 11 is 5.45. The Morgan fingerprint density at radius 3 is 3.19 bits per heavy atom. The van der Waals surface area contributed by atoms with E-state index >= 15 is 0 Å². The molecule has 0 radical (unpaired) electrons. The summed E-state index contributed by atoms with van der Waals surface area (Å²) in [5.74, 6) is 0. The first-order valence-corrected chi connectivity index (χ1v) is 7.12. The van der Waals surface area contributed by atoms with Crippen molar-refractivity contribution in [1.29, 1.82) is 0 Å². The molecule has 3 atom stereocenters. The van der Waals surface area contributed by atoms with Gasteiger partial charge in [0, 0.05) is 14.1 Å². The second-order valence-corrected chi connectivity index (χ2v) is 7.24. The standard InChI is InChI=1S/C12H14BrNOS/c1-12-5-4-10(15)14-11(12)8-6-7(13)2-3-9(8)16-12/h2-3,6,10-11,14-15H,4-5H2,1H3/t10?,11-,12-/m1/s1. The Bertz CT molecular complexity index is 439. The van der Waals surface area contributed by atoms with Gasteiger partial charge in [-0.1, -0.05) is 15.9 Å². The summed E-state index contributed by atoms with van der Waals surface area (Å²) in [6, 6.07) is 6.70. The van der Waals surface area contributed by atoms with E-state index in [0.29, 0.717) is 0 Å². The minimum absolute atomic E-state index is 0.197. The smallest absolute Gasteiger partial charge is 0.105 e. The van der Waals surface area contributed by atoms with Crippen LogP contribution in [0.1, 0.15) is 31.4 Å². The Labute approximate surface area is 108 Å². The molecule has 2 heterocycles. The second-order valence-electron chi connectivity index (χ2n) is 4.75. The van der Waals surface area contributed by atoms with Crippen molar-refractivity contribution in [2.75, 3.05) is 0 Å². The van der Waals surface area contributed by atoms with E-state index in [9.17, 15) is 5.11 Å². The maximum absolute atomic E-state index is 9.73. The molecule has 1 aromatic rings. The average molecular weight is 300 g/mol. The van der Waals surface area contributed by atoms with Gasteiger partial charge >= 0.3 is 0 Å². The molecule has 4 heteroatoms. The normalized spacial score (nSPS) is 36.9. The minimum atomic E-state index is -0.358. The number of nitrogens with one attached hydrogen (secondary N) is 1. The number of hydrogen-bond donors (Lipinski definition) is 2. The average Bonchev–Trinajstić information content (AvgIpc) is 2.52. The molecule has 0 spiro atoms. The first-order valence-electron chi connectivity index (χ1n) is 5.51. The number of rotatable bonds is 0. The number of thioether (sulfide) groups is 1. The minimum Gasteiger partial charge on any atom is -0.379 e. The molecule has 2 nitrogen and oxygen atoms in total. The van der Waals surface area contributed by atoms with Gasteiger partial charge in [0.2, 0.25) is 0 Å². The lowest BCUT2D eigenvalue weighted by Crippen LogP contribution is -2.47. The lowest BCUT2D eigenvalue weighted by atomic mass is 9.87. The first kappa shape index (κ1) is 11.1. The molecule has 0 bridgehead atoms. The number of aliphatic hydroxyl groups is 1. The van der Waals surface area contributed by atoms with E-state index in [2.05, 4.69) is 46.4 Å². The molecule has 1 unspecified atom stereocenters. The molecule has 1 fully saturated rings. The topological polar surface area (TPSA) is 32.3 Å². The summed E-state index contributed by atoms with van der Waals surface area (Å²) in [6.45, 7) is 2.29. The molecule has 2 aliphatic heterocycles. The highest BCUT2D eigenvalue weighted by Crippen LogP contribution is 2.56. The van der Waals surface area contributed by atoms with Crippen LogP contribution in [0.5, 0.6) is 0 Å². The highest BCUT2D eigenvalue weighted by Gasteiger charge is 2.46. The molecular weight excluding hydrogens is 286 g/mol. The molecule has 1 saturated heterocycles. The van der Waals surface area contributed by atoms with Gasteiger partial charge in [-0.05, 0) is 43.5 Å². The van der Waals surface area contributed by atoms with Crippen molar-refractivity contribution in [3.8, 4) is 0 Å². The number of aliphatic hydroxyl groups excluding tert-OH is 1. The largest absolute Gasteiger partial charge is 0.379 e. The zero-order chi connectivity index (χ0) is 11.3. The van der Waals surface area contributed by atoms with E-state index in [1.165, 1.54) is 10.5 Å². The van der Waals surface area contributed by atoms with Gasteiger partial charge in [-0.25, -0.2) is 0 Å². The highest BCUT2D eigenvalue weighted by molar-refractivity contribution is 9.10. The van der Waals surface area contributed by atoms with Gasteiger partial charge in [0.05, 0.1) is 6.04 Å². The summed E-state index contributed by atoms with van der Waals surface area (Å²) < 4.78 is 1.31. The van der Waals surface area contributed by atoms with Crippen LogP contribution < -0.4 is 5.32 Å². The molecular formula is C12H14BrNOS. The molecule has 0 amide bonds. The Morgan fingerprint density at radius 1 is 1.56 bits per heavy atom. The van der Waals surface area contributed by atoms with E-state index < -0.39 is 0 Å². The zero-order valence-electron chi connectivity index (χ0n) is 9.03. The number of piperidine rings is 1. The molecule has 2 N–H and O–H groups in total. The maximum atomic E-state index is 9.73. The molecule has 0 saturated carbocycles. The van der Waals surface area contributed by atoms with Crippen molar-refractivity contribution in [3.05, 3.63) is 28.2 Å². The van der Waals surface area contributed by atoms with Gasteiger partial charge in [-0.2, -0.15) is 0 Å². The highest BCUT2D eigenvalue weighted by atomic mass is 79.9. The van der Waals surface area contributed by atoms with E-state index in [4.69, 9.17) is 0 Å². The predicted octanol–water partition coefficient (Wildman–Crippen LogP) is 3.06. The third kappa shape index (κ3) is 1.63. The molecule has 0 aliphatic carbocycles. The van der Waals surface area contributed by atoms with Crippen molar-refractivity contribution in [2.45, 2.75) is 41.7 Å². The summed E-state index contributed by atoms with van der Waals surface area (Å²) in [6.07, 6.45) is 1.54. The molecule has 16 heavy (non-hydrogen) atoms. The third-order valence-corrected chi connectivity index (χ3v) is 5.50. The SMILES string of the molecule is C[C@@]12CCC(O)N[C@@H]1c1cc(Br)ccc1S2. The van der Waals surface area contributed by atoms with Crippen LogP contribution in [-0.2, 0) is 0 Å². The van der Waals surface area contributed by atoms with E-state index in [-0.39, 0.29) is 17.0 Å². The van der Waals surface area contributed by atoms with Gasteiger partial charge in [0.15, 0.2) is 0 Å². The first-order chi connectivity index (χ1) is 7.58. The van der Waals surface area contributed by atoms with Crippen molar-refractivity contribution in [2.24, 2.45) is 0 Å². The summed E-state index contributed by atoms with van der Waals surface area (Å²) in [5, 5.41) is 13.0. The number of benzene rings is 1. The maximum Gasteiger partial charge on any atom is 0.105 e. The van der Waals surface area contributed by atoms with Crippen LogP contribution in [-0.4, -0.2) is 16.1 Å². The monoisotopic (exact) mass is 299 g/mol. The molecule has 1 aromatic carbocycles. The summed E-state index contributed by atoms with van der Waals surface area (Å²) in [7, 11) is 0. The lowest BCUT2D eigenvalue weighted by Gasteiger charge is -2.38. The predicted molar refractivity (Wildman–Crippen MR) is 69.5 cm³/mol. The van der Waals surface area contributed by atoms with Gasteiger partial charge in [-0.15, -0.1) is 11.8 Å². The van der Waals surface area contributed by atoms with Crippen LogP contribution in [0.25, 0.3) is 0 Å². The fraction of sp³-hybridized carbons (Fsp3) is 0.500. The molecule has 86 valence electrons.